The molecule has 5 nitrogen and oxygen atoms in total. The molecule has 1 amide bonds. The van der Waals surface area contributed by atoms with E-state index in [0.717, 1.165) is 43.2 Å². The van der Waals surface area contributed by atoms with Crippen LogP contribution in [0.2, 0.25) is 5.02 Å². The standard InChI is InChI=1S/C22H28ClN3O2/c1-3-28-21-10-5-4-9-20(21)26-13-11-25(12-14-26)16-22(27)24-17(2)18-7-6-8-19(23)15-18/h4-10,15,17H,3,11-14,16H2,1-2H3,(H,24,27)/t17-/m1/s1. The smallest absolute Gasteiger partial charge is 0.234 e. The average molecular weight is 402 g/mol. The molecule has 2 aromatic carbocycles. The van der Waals surface area contributed by atoms with Crippen LogP contribution >= 0.6 is 11.6 Å². The number of hydrogen-bond acceptors (Lipinski definition) is 4. The van der Waals surface area contributed by atoms with Gasteiger partial charge in [-0.3, -0.25) is 9.69 Å². The van der Waals surface area contributed by atoms with Crippen molar-refractivity contribution >= 4 is 23.2 Å². The van der Waals surface area contributed by atoms with Gasteiger partial charge in [0.1, 0.15) is 5.75 Å². The summed E-state index contributed by atoms with van der Waals surface area (Å²) < 4.78 is 5.75. The molecule has 0 aromatic heterocycles. The Morgan fingerprint density at radius 3 is 2.61 bits per heavy atom. The minimum Gasteiger partial charge on any atom is -0.492 e. The Balaban J connectivity index is 1.49. The first-order chi connectivity index (χ1) is 13.6. The number of benzene rings is 2. The lowest BCUT2D eigenvalue weighted by atomic mass is 10.1. The van der Waals surface area contributed by atoms with Crippen molar-refractivity contribution in [1.82, 2.24) is 10.2 Å². The van der Waals surface area contributed by atoms with Gasteiger partial charge < -0.3 is 15.0 Å². The number of piperazine rings is 1. The third-order valence-corrected chi connectivity index (χ3v) is 5.21. The maximum atomic E-state index is 12.5. The summed E-state index contributed by atoms with van der Waals surface area (Å²) in [4.78, 5) is 17.0. The quantitative estimate of drug-likeness (QED) is 0.767. The second-order valence-electron chi connectivity index (χ2n) is 7.01. The summed E-state index contributed by atoms with van der Waals surface area (Å²) in [5, 5.41) is 3.75. The number of nitrogens with zero attached hydrogens (tertiary/aromatic N) is 2. The van der Waals surface area contributed by atoms with Crippen molar-refractivity contribution in [3.05, 3.63) is 59.1 Å². The first kappa shape index (κ1) is 20.5. The summed E-state index contributed by atoms with van der Waals surface area (Å²) in [6, 6.07) is 15.7. The molecule has 1 aliphatic heterocycles. The number of anilines is 1. The molecule has 0 unspecified atom stereocenters. The third-order valence-electron chi connectivity index (χ3n) is 4.97. The fraction of sp³-hybridized carbons (Fsp3) is 0.409. The number of amides is 1. The minimum atomic E-state index is -0.0643. The van der Waals surface area contributed by atoms with Crippen LogP contribution in [0.25, 0.3) is 0 Å². The van der Waals surface area contributed by atoms with Gasteiger partial charge in [-0.05, 0) is 43.7 Å². The van der Waals surface area contributed by atoms with Crippen LogP contribution in [0, 0.1) is 0 Å². The number of carbonyl (C=O) groups excluding carboxylic acids is 1. The van der Waals surface area contributed by atoms with E-state index in [-0.39, 0.29) is 11.9 Å². The van der Waals surface area contributed by atoms with Crippen molar-refractivity contribution in [3.8, 4) is 5.75 Å². The lowest BCUT2D eigenvalue weighted by Gasteiger charge is -2.36. The van der Waals surface area contributed by atoms with E-state index in [0.29, 0.717) is 18.2 Å². The first-order valence-electron chi connectivity index (χ1n) is 9.80. The molecule has 0 bridgehead atoms. The predicted molar refractivity (Wildman–Crippen MR) is 114 cm³/mol. The maximum absolute atomic E-state index is 12.5. The molecule has 1 heterocycles. The number of ether oxygens (including phenoxy) is 1. The SMILES string of the molecule is CCOc1ccccc1N1CCN(CC(=O)N[C@H](C)c2cccc(Cl)c2)CC1. The number of rotatable bonds is 7. The normalized spacial score (nSPS) is 15.9. The van der Waals surface area contributed by atoms with E-state index in [4.69, 9.17) is 16.3 Å². The number of nitrogens with one attached hydrogen (secondary N) is 1. The van der Waals surface area contributed by atoms with Gasteiger partial charge in [-0.25, -0.2) is 0 Å². The van der Waals surface area contributed by atoms with Gasteiger partial charge in [-0.1, -0.05) is 35.9 Å². The second-order valence-corrected chi connectivity index (χ2v) is 7.44. The van der Waals surface area contributed by atoms with Crippen LogP contribution in [0.4, 0.5) is 5.69 Å². The zero-order valence-electron chi connectivity index (χ0n) is 16.5. The van der Waals surface area contributed by atoms with Crippen LogP contribution in [-0.4, -0.2) is 50.1 Å². The molecule has 1 saturated heterocycles. The fourth-order valence-electron chi connectivity index (χ4n) is 3.49. The number of hydrogen-bond donors (Lipinski definition) is 1. The van der Waals surface area contributed by atoms with Gasteiger partial charge in [0.15, 0.2) is 0 Å². The number of carbonyl (C=O) groups is 1. The van der Waals surface area contributed by atoms with Gasteiger partial charge in [0.05, 0.1) is 24.9 Å². The van der Waals surface area contributed by atoms with E-state index >= 15 is 0 Å². The molecule has 0 saturated carbocycles. The number of para-hydroxylation sites is 2. The van der Waals surface area contributed by atoms with Gasteiger partial charge in [-0.15, -0.1) is 0 Å². The molecule has 1 N–H and O–H groups in total. The van der Waals surface area contributed by atoms with Gasteiger partial charge in [-0.2, -0.15) is 0 Å². The Morgan fingerprint density at radius 1 is 1.14 bits per heavy atom. The minimum absolute atomic E-state index is 0.0376. The van der Waals surface area contributed by atoms with E-state index in [9.17, 15) is 4.79 Å². The zero-order valence-corrected chi connectivity index (χ0v) is 17.3. The molecular formula is C22H28ClN3O2. The molecular weight excluding hydrogens is 374 g/mol. The lowest BCUT2D eigenvalue weighted by molar-refractivity contribution is -0.123. The van der Waals surface area contributed by atoms with Crippen LogP contribution in [0.5, 0.6) is 5.75 Å². The topological polar surface area (TPSA) is 44.8 Å². The highest BCUT2D eigenvalue weighted by molar-refractivity contribution is 6.30. The first-order valence-corrected chi connectivity index (χ1v) is 10.2. The highest BCUT2D eigenvalue weighted by atomic mass is 35.5. The summed E-state index contributed by atoms with van der Waals surface area (Å²) in [5.41, 5.74) is 2.14. The van der Waals surface area contributed by atoms with Crippen molar-refractivity contribution < 1.29 is 9.53 Å². The molecule has 28 heavy (non-hydrogen) atoms. The maximum Gasteiger partial charge on any atom is 0.234 e. The van der Waals surface area contributed by atoms with Gasteiger partial charge in [0.25, 0.3) is 0 Å². The van der Waals surface area contributed by atoms with E-state index in [1.807, 2.05) is 56.3 Å². The Kier molecular flexibility index (Phi) is 7.18. The molecule has 1 fully saturated rings. The third kappa shape index (κ3) is 5.40. The fourth-order valence-corrected chi connectivity index (χ4v) is 3.69. The molecule has 0 radical (unpaired) electrons. The molecule has 0 aliphatic carbocycles. The summed E-state index contributed by atoms with van der Waals surface area (Å²) >= 11 is 6.04. The van der Waals surface area contributed by atoms with Gasteiger partial charge in [0, 0.05) is 31.2 Å². The average Bonchev–Trinajstić information content (AvgIpc) is 2.69. The van der Waals surface area contributed by atoms with E-state index < -0.39 is 0 Å². The molecule has 2 aromatic rings. The largest absolute Gasteiger partial charge is 0.492 e. The predicted octanol–water partition coefficient (Wildman–Crippen LogP) is 3.74. The Bertz CT molecular complexity index is 791. The van der Waals surface area contributed by atoms with Crippen LogP contribution in [0.15, 0.2) is 48.5 Å². The number of halogens is 1. The monoisotopic (exact) mass is 401 g/mol. The van der Waals surface area contributed by atoms with Gasteiger partial charge in [0.2, 0.25) is 5.91 Å². The lowest BCUT2D eigenvalue weighted by Crippen LogP contribution is -2.49. The highest BCUT2D eigenvalue weighted by Crippen LogP contribution is 2.28. The van der Waals surface area contributed by atoms with Gasteiger partial charge >= 0.3 is 0 Å². The van der Waals surface area contributed by atoms with Crippen molar-refractivity contribution in [2.75, 3.05) is 44.2 Å². The molecule has 6 heteroatoms. The second kappa shape index (κ2) is 9.80. The van der Waals surface area contributed by atoms with Crippen molar-refractivity contribution in [2.45, 2.75) is 19.9 Å². The van der Waals surface area contributed by atoms with E-state index in [1.54, 1.807) is 0 Å². The molecule has 150 valence electrons. The van der Waals surface area contributed by atoms with Crippen molar-refractivity contribution in [3.63, 3.8) is 0 Å². The molecule has 3 rings (SSSR count). The van der Waals surface area contributed by atoms with Crippen LogP contribution in [0.1, 0.15) is 25.5 Å². The Morgan fingerprint density at radius 2 is 1.89 bits per heavy atom. The van der Waals surface area contributed by atoms with Crippen LogP contribution in [-0.2, 0) is 4.79 Å². The zero-order chi connectivity index (χ0) is 19.9. The Hall–Kier alpha value is -2.24. The summed E-state index contributed by atoms with van der Waals surface area (Å²) in [7, 11) is 0. The van der Waals surface area contributed by atoms with Crippen LogP contribution < -0.4 is 15.0 Å². The molecule has 1 aliphatic rings. The van der Waals surface area contributed by atoms with Crippen molar-refractivity contribution in [1.29, 1.82) is 0 Å². The highest BCUT2D eigenvalue weighted by Gasteiger charge is 2.21. The molecule has 1 atom stereocenters. The summed E-state index contributed by atoms with van der Waals surface area (Å²) in [6.45, 7) is 8.49. The molecule has 0 spiro atoms. The van der Waals surface area contributed by atoms with Crippen LogP contribution in [0.3, 0.4) is 0 Å². The van der Waals surface area contributed by atoms with E-state index in [2.05, 4.69) is 21.2 Å². The Labute approximate surface area is 172 Å². The summed E-state index contributed by atoms with van der Waals surface area (Å²) in [5.74, 6) is 0.960. The summed E-state index contributed by atoms with van der Waals surface area (Å²) in [6.07, 6.45) is 0. The van der Waals surface area contributed by atoms with E-state index in [1.165, 1.54) is 0 Å². The van der Waals surface area contributed by atoms with Crippen molar-refractivity contribution in [2.24, 2.45) is 0 Å².